The Morgan fingerprint density at radius 1 is 0.905 bits per heavy atom. The first kappa shape index (κ1) is 15.6. The van der Waals surface area contributed by atoms with E-state index in [1.807, 2.05) is 36.4 Å². The van der Waals surface area contributed by atoms with Crippen LogP contribution in [0.5, 0.6) is 11.5 Å². The molecule has 111 valence electrons. The number of para-hydroxylation sites is 1. The van der Waals surface area contributed by atoms with Crippen LogP contribution in [0.2, 0.25) is 0 Å². The van der Waals surface area contributed by atoms with E-state index in [9.17, 15) is 0 Å². The van der Waals surface area contributed by atoms with Gasteiger partial charge >= 0.3 is 0 Å². The first-order valence-electron chi connectivity index (χ1n) is 8.10. The van der Waals surface area contributed by atoms with Gasteiger partial charge in [-0.05, 0) is 48.9 Å². The molecule has 0 amide bonds. The Kier molecular flexibility index (Phi) is 6.33. The zero-order chi connectivity index (χ0) is 14.9. The smallest absolute Gasteiger partial charge is 0.138 e. The molecule has 21 heavy (non-hydrogen) atoms. The Balaban J connectivity index is 2.25. The van der Waals surface area contributed by atoms with E-state index >= 15 is 0 Å². The highest BCUT2D eigenvalue weighted by molar-refractivity contribution is 5.42. The van der Waals surface area contributed by atoms with Crippen LogP contribution < -0.4 is 4.74 Å². The molecular formula is C20H25O. The van der Waals surface area contributed by atoms with Crippen LogP contribution >= 0.6 is 0 Å². The minimum Gasteiger partial charge on any atom is -0.456 e. The van der Waals surface area contributed by atoms with Gasteiger partial charge in [-0.25, -0.2) is 0 Å². The summed E-state index contributed by atoms with van der Waals surface area (Å²) in [5, 5.41) is 0. The van der Waals surface area contributed by atoms with Crippen molar-refractivity contribution in [2.75, 3.05) is 0 Å². The highest BCUT2D eigenvalue weighted by atomic mass is 16.5. The van der Waals surface area contributed by atoms with E-state index in [4.69, 9.17) is 4.74 Å². The fraction of sp³-hybridized carbons (Fsp3) is 0.400. The second kappa shape index (κ2) is 8.51. The molecule has 2 rings (SSSR count). The summed E-state index contributed by atoms with van der Waals surface area (Å²) < 4.78 is 6.07. The number of aryl methyl sites for hydroxylation is 1. The predicted molar refractivity (Wildman–Crippen MR) is 89.0 cm³/mol. The van der Waals surface area contributed by atoms with Crippen molar-refractivity contribution in [3.63, 3.8) is 0 Å². The molecule has 1 nitrogen and oxygen atoms in total. The summed E-state index contributed by atoms with van der Waals surface area (Å²) in [7, 11) is 0. The number of benzene rings is 2. The normalized spacial score (nSPS) is 10.6. The van der Waals surface area contributed by atoms with Gasteiger partial charge in [0.15, 0.2) is 0 Å². The number of ether oxygens (including phenoxy) is 1. The molecule has 0 aliphatic heterocycles. The predicted octanol–water partition coefficient (Wildman–Crippen LogP) is 5.96. The average Bonchev–Trinajstić information content (AvgIpc) is 2.53. The molecule has 0 bridgehead atoms. The minimum absolute atomic E-state index is 0.888. The SMILES string of the molecule is CCCCc1cc[c]c(Oc2ccccc2)c1CCCC. The fourth-order valence-electron chi connectivity index (χ4n) is 2.48. The molecule has 2 aromatic rings. The van der Waals surface area contributed by atoms with E-state index in [1.165, 1.54) is 36.8 Å². The molecule has 0 N–H and O–H groups in total. The second-order valence-electron chi connectivity index (χ2n) is 5.43. The van der Waals surface area contributed by atoms with Crippen LogP contribution in [0.4, 0.5) is 0 Å². The summed E-state index contributed by atoms with van der Waals surface area (Å²) in [6, 6.07) is 17.5. The van der Waals surface area contributed by atoms with Gasteiger partial charge in [-0.1, -0.05) is 57.0 Å². The van der Waals surface area contributed by atoms with E-state index < -0.39 is 0 Å². The highest BCUT2D eigenvalue weighted by Crippen LogP contribution is 2.29. The lowest BCUT2D eigenvalue weighted by atomic mass is 9.97. The third-order valence-electron chi connectivity index (χ3n) is 3.70. The van der Waals surface area contributed by atoms with Gasteiger partial charge in [0.25, 0.3) is 0 Å². The van der Waals surface area contributed by atoms with Gasteiger partial charge in [-0.2, -0.15) is 0 Å². The van der Waals surface area contributed by atoms with Crippen LogP contribution in [0.3, 0.4) is 0 Å². The van der Waals surface area contributed by atoms with Crippen LogP contribution in [0.15, 0.2) is 42.5 Å². The van der Waals surface area contributed by atoms with Crippen LogP contribution in [0, 0.1) is 6.07 Å². The molecule has 0 saturated carbocycles. The Morgan fingerprint density at radius 3 is 2.33 bits per heavy atom. The van der Waals surface area contributed by atoms with Crippen molar-refractivity contribution in [3.8, 4) is 11.5 Å². The second-order valence-corrected chi connectivity index (χ2v) is 5.43. The Labute approximate surface area is 129 Å². The molecule has 0 saturated heterocycles. The van der Waals surface area contributed by atoms with E-state index in [0.29, 0.717) is 0 Å². The zero-order valence-electron chi connectivity index (χ0n) is 13.2. The fourth-order valence-corrected chi connectivity index (χ4v) is 2.48. The lowest BCUT2D eigenvalue weighted by molar-refractivity contribution is 0.472. The average molecular weight is 281 g/mol. The van der Waals surface area contributed by atoms with Gasteiger partial charge in [0.05, 0.1) is 0 Å². The number of hydrogen-bond acceptors (Lipinski definition) is 1. The highest BCUT2D eigenvalue weighted by Gasteiger charge is 2.10. The number of hydrogen-bond donors (Lipinski definition) is 0. The maximum absolute atomic E-state index is 6.07. The van der Waals surface area contributed by atoms with Gasteiger partial charge in [0.1, 0.15) is 11.5 Å². The lowest BCUT2D eigenvalue weighted by Crippen LogP contribution is -1.99. The van der Waals surface area contributed by atoms with E-state index in [-0.39, 0.29) is 0 Å². The molecule has 1 radical (unpaired) electrons. The third kappa shape index (κ3) is 4.63. The Morgan fingerprint density at radius 2 is 1.62 bits per heavy atom. The van der Waals surface area contributed by atoms with E-state index in [2.05, 4.69) is 26.0 Å². The Bertz CT molecular complexity index is 531. The van der Waals surface area contributed by atoms with Crippen LogP contribution in [0.25, 0.3) is 0 Å². The molecular weight excluding hydrogens is 256 g/mol. The molecule has 0 unspecified atom stereocenters. The first-order valence-corrected chi connectivity index (χ1v) is 8.10. The van der Waals surface area contributed by atoms with Crippen molar-refractivity contribution in [1.29, 1.82) is 0 Å². The first-order chi connectivity index (χ1) is 10.3. The molecule has 0 aliphatic rings. The van der Waals surface area contributed by atoms with E-state index in [0.717, 1.165) is 24.3 Å². The maximum atomic E-state index is 6.07. The minimum atomic E-state index is 0.888. The van der Waals surface area contributed by atoms with Gasteiger partial charge < -0.3 is 4.74 Å². The van der Waals surface area contributed by atoms with Gasteiger partial charge in [0, 0.05) is 6.07 Å². The summed E-state index contributed by atoms with van der Waals surface area (Å²) in [4.78, 5) is 0. The monoisotopic (exact) mass is 281 g/mol. The zero-order valence-corrected chi connectivity index (χ0v) is 13.2. The molecule has 0 atom stereocenters. The van der Waals surface area contributed by atoms with Crippen molar-refractivity contribution < 1.29 is 4.74 Å². The molecule has 0 aromatic heterocycles. The van der Waals surface area contributed by atoms with Crippen LogP contribution in [0.1, 0.15) is 50.7 Å². The summed E-state index contributed by atoms with van der Waals surface area (Å²) in [5.41, 5.74) is 2.77. The molecule has 0 spiro atoms. The van der Waals surface area contributed by atoms with E-state index in [1.54, 1.807) is 0 Å². The Hall–Kier alpha value is -1.76. The van der Waals surface area contributed by atoms with Gasteiger partial charge in [-0.3, -0.25) is 0 Å². The van der Waals surface area contributed by atoms with Crippen molar-refractivity contribution in [2.24, 2.45) is 0 Å². The van der Waals surface area contributed by atoms with Crippen LogP contribution in [-0.2, 0) is 12.8 Å². The quantitative estimate of drug-likeness (QED) is 0.579. The standard InChI is InChI=1S/C20H25O/c1-3-5-11-17-12-10-16-20(19(17)15-6-4-2)21-18-13-8-7-9-14-18/h7-10,12-14H,3-6,11,15H2,1-2H3. The summed E-state index contributed by atoms with van der Waals surface area (Å²) >= 11 is 0. The number of unbranched alkanes of at least 4 members (excludes halogenated alkanes) is 2. The van der Waals surface area contributed by atoms with Crippen molar-refractivity contribution in [2.45, 2.75) is 52.4 Å². The van der Waals surface area contributed by atoms with Crippen molar-refractivity contribution in [1.82, 2.24) is 0 Å². The van der Waals surface area contributed by atoms with Gasteiger partial charge in [-0.15, -0.1) is 0 Å². The van der Waals surface area contributed by atoms with Gasteiger partial charge in [0.2, 0.25) is 0 Å². The van der Waals surface area contributed by atoms with Crippen LogP contribution in [-0.4, -0.2) is 0 Å². The molecule has 0 fully saturated rings. The maximum Gasteiger partial charge on any atom is 0.138 e. The summed E-state index contributed by atoms with van der Waals surface area (Å²) in [6.07, 6.45) is 7.06. The largest absolute Gasteiger partial charge is 0.456 e. The molecule has 2 aromatic carbocycles. The molecule has 0 heterocycles. The summed E-state index contributed by atoms with van der Waals surface area (Å²) in [6.45, 7) is 4.47. The molecule has 0 aliphatic carbocycles. The lowest BCUT2D eigenvalue weighted by Gasteiger charge is -2.15. The topological polar surface area (TPSA) is 9.23 Å². The summed E-state index contributed by atoms with van der Waals surface area (Å²) in [5.74, 6) is 1.79. The molecule has 1 heteroatoms. The number of rotatable bonds is 8. The third-order valence-corrected chi connectivity index (χ3v) is 3.70. The van der Waals surface area contributed by atoms with Crippen molar-refractivity contribution >= 4 is 0 Å². The van der Waals surface area contributed by atoms with Crippen molar-refractivity contribution in [3.05, 3.63) is 59.7 Å².